The molecule has 0 aliphatic carbocycles. The third-order valence-electron chi connectivity index (χ3n) is 7.51. The first-order chi connectivity index (χ1) is 20.2. The van der Waals surface area contributed by atoms with Crippen LogP contribution in [0.4, 0.5) is 11.4 Å². The number of nitrogen functional groups attached to an aromatic ring is 1. The van der Waals surface area contributed by atoms with Gasteiger partial charge in [0.2, 0.25) is 0 Å². The third-order valence-corrected chi connectivity index (χ3v) is 8.94. The van der Waals surface area contributed by atoms with Crippen molar-refractivity contribution in [1.82, 2.24) is 5.32 Å². The molecule has 236 valence electrons. The molecule has 2 rings (SSSR count). The topological polar surface area (TPSA) is 162 Å². The summed E-state index contributed by atoms with van der Waals surface area (Å²) in [6, 6.07) is 10.6. The maximum absolute atomic E-state index is 12.9. The van der Waals surface area contributed by atoms with E-state index in [4.69, 9.17) is 5.73 Å². The zero-order chi connectivity index (χ0) is 30.8. The molecule has 0 saturated carbocycles. The highest BCUT2D eigenvalue weighted by Crippen LogP contribution is 2.25. The molecule has 0 bridgehead atoms. The number of anilines is 2. The Balaban J connectivity index is 1.65. The first-order valence-electron chi connectivity index (χ1n) is 15.4. The molecule has 0 aliphatic heterocycles. The first kappa shape index (κ1) is 35.5. The van der Waals surface area contributed by atoms with Gasteiger partial charge in [0.1, 0.15) is 4.90 Å². The Hall–Kier alpha value is -2.66. The number of nitrogens with one attached hydrogen (secondary N) is 2. The van der Waals surface area contributed by atoms with Crippen molar-refractivity contribution in [3.05, 3.63) is 53.6 Å². The fourth-order valence-electron chi connectivity index (χ4n) is 4.88. The van der Waals surface area contributed by atoms with E-state index in [0.29, 0.717) is 24.9 Å². The number of para-hydroxylation sites is 1. The van der Waals surface area contributed by atoms with Crippen LogP contribution in [0.3, 0.4) is 0 Å². The zero-order valence-electron chi connectivity index (χ0n) is 25.1. The molecule has 7 N–H and O–H groups in total. The molecule has 42 heavy (non-hydrogen) atoms. The van der Waals surface area contributed by atoms with Gasteiger partial charge in [0.15, 0.2) is 0 Å². The van der Waals surface area contributed by atoms with Crippen LogP contribution in [-0.4, -0.2) is 48.4 Å². The Morgan fingerprint density at radius 3 is 2.00 bits per heavy atom. The quantitative estimate of drug-likeness (QED) is 0.0763. The van der Waals surface area contributed by atoms with E-state index in [9.17, 15) is 28.5 Å². The maximum Gasteiger partial charge on any atom is 0.263 e. The Labute approximate surface area is 252 Å². The summed E-state index contributed by atoms with van der Waals surface area (Å²) in [7, 11) is -4.01. The summed E-state index contributed by atoms with van der Waals surface area (Å²) < 4.78 is 28.1. The maximum atomic E-state index is 12.9. The molecule has 9 nitrogen and oxygen atoms in total. The lowest BCUT2D eigenvalue weighted by molar-refractivity contribution is 0.00712. The third kappa shape index (κ3) is 12.7. The van der Waals surface area contributed by atoms with E-state index in [-0.39, 0.29) is 27.7 Å². The summed E-state index contributed by atoms with van der Waals surface area (Å²) >= 11 is 0. The number of amides is 1. The van der Waals surface area contributed by atoms with Gasteiger partial charge in [0, 0.05) is 17.7 Å². The van der Waals surface area contributed by atoms with Crippen molar-refractivity contribution in [1.29, 1.82) is 0 Å². The molecule has 2 unspecified atom stereocenters. The monoisotopic (exact) mass is 605 g/mol. The minimum Gasteiger partial charge on any atom is -0.398 e. The van der Waals surface area contributed by atoms with Crippen molar-refractivity contribution in [2.24, 2.45) is 0 Å². The van der Waals surface area contributed by atoms with Gasteiger partial charge in [0.05, 0.1) is 30.2 Å². The smallest absolute Gasteiger partial charge is 0.263 e. The van der Waals surface area contributed by atoms with Crippen LogP contribution in [0.25, 0.3) is 0 Å². The summed E-state index contributed by atoms with van der Waals surface area (Å²) in [5.41, 5.74) is 6.66. The minimum atomic E-state index is -4.01. The molecular formula is C32H51N3O6S. The highest BCUT2D eigenvalue weighted by molar-refractivity contribution is 7.92. The Bertz CT molecular complexity index is 1170. The van der Waals surface area contributed by atoms with Crippen LogP contribution >= 0.6 is 0 Å². The number of carbonyl (C=O) groups is 1. The fourth-order valence-corrected chi connectivity index (χ4v) is 6.11. The van der Waals surface area contributed by atoms with Gasteiger partial charge >= 0.3 is 0 Å². The number of rotatable bonds is 22. The summed E-state index contributed by atoms with van der Waals surface area (Å²) in [6.07, 6.45) is 12.8. The first-order valence-corrected chi connectivity index (χ1v) is 16.9. The molecule has 2 atom stereocenters. The van der Waals surface area contributed by atoms with Crippen molar-refractivity contribution in [3.63, 3.8) is 0 Å². The molecule has 10 heteroatoms. The van der Waals surface area contributed by atoms with Gasteiger partial charge in [-0.25, -0.2) is 8.42 Å². The van der Waals surface area contributed by atoms with E-state index < -0.39 is 28.8 Å². The van der Waals surface area contributed by atoms with Crippen LogP contribution < -0.4 is 15.8 Å². The lowest BCUT2D eigenvalue weighted by Gasteiger charge is -2.17. The molecule has 0 aliphatic rings. The van der Waals surface area contributed by atoms with Crippen molar-refractivity contribution < 1.29 is 28.5 Å². The van der Waals surface area contributed by atoms with Crippen LogP contribution in [0, 0.1) is 0 Å². The van der Waals surface area contributed by atoms with E-state index in [2.05, 4.69) is 17.0 Å². The van der Waals surface area contributed by atoms with Crippen molar-refractivity contribution in [3.8, 4) is 0 Å². The van der Waals surface area contributed by atoms with Crippen molar-refractivity contribution in [2.75, 3.05) is 17.0 Å². The number of nitrogens with two attached hydrogens (primary N) is 1. The zero-order valence-corrected chi connectivity index (χ0v) is 25.9. The SMILES string of the molecule is CCCCCCCCC(O)C(O)CCCCCCCCNC(=O)c1ccc(CO)c(NS(=O)(=O)c2ccccc2N)c1. The Kier molecular flexibility index (Phi) is 16.5. The van der Waals surface area contributed by atoms with Crippen LogP contribution in [0.1, 0.15) is 113 Å². The number of sulfonamides is 1. The molecule has 0 spiro atoms. The van der Waals surface area contributed by atoms with Gasteiger partial charge in [-0.2, -0.15) is 0 Å². The molecule has 0 aromatic heterocycles. The summed E-state index contributed by atoms with van der Waals surface area (Å²) in [5, 5.41) is 32.9. The summed E-state index contributed by atoms with van der Waals surface area (Å²) in [4.78, 5) is 12.6. The predicted molar refractivity (Wildman–Crippen MR) is 169 cm³/mol. The lowest BCUT2D eigenvalue weighted by atomic mass is 9.99. The van der Waals surface area contributed by atoms with Gasteiger partial charge < -0.3 is 26.4 Å². The second kappa shape index (κ2) is 19.5. The van der Waals surface area contributed by atoms with Gasteiger partial charge in [0.25, 0.3) is 15.9 Å². The van der Waals surface area contributed by atoms with Crippen LogP contribution in [0.15, 0.2) is 47.4 Å². The van der Waals surface area contributed by atoms with Gasteiger partial charge in [-0.1, -0.05) is 95.8 Å². The summed E-state index contributed by atoms with van der Waals surface area (Å²) in [6.45, 7) is 2.29. The Morgan fingerprint density at radius 1 is 0.833 bits per heavy atom. The standard InChI is InChI=1S/C32H51N3O6S/c1-2-3-4-5-8-11-17-29(37)30(38)18-12-9-6-7-10-15-22-34-32(39)25-20-21-26(24-36)28(23-25)35-42(40,41)31-19-14-13-16-27(31)33/h13-14,16,19-21,23,29-30,35-38H,2-12,15,17-18,22,24,33H2,1H3,(H,34,39). The van der Waals surface area contributed by atoms with Crippen LogP contribution in [-0.2, 0) is 16.6 Å². The second-order valence-corrected chi connectivity index (χ2v) is 12.7. The highest BCUT2D eigenvalue weighted by atomic mass is 32.2. The number of aliphatic hydroxyl groups is 3. The predicted octanol–water partition coefficient (Wildman–Crippen LogP) is 5.49. The van der Waals surface area contributed by atoms with Crippen molar-refractivity contribution in [2.45, 2.75) is 121 Å². The molecule has 0 heterocycles. The van der Waals surface area contributed by atoms with E-state index in [1.807, 2.05) is 0 Å². The molecule has 0 radical (unpaired) electrons. The van der Waals surface area contributed by atoms with Gasteiger partial charge in [-0.15, -0.1) is 0 Å². The number of hydrogen-bond donors (Lipinski definition) is 6. The number of benzene rings is 2. The second-order valence-electron chi connectivity index (χ2n) is 11.0. The number of hydrogen-bond acceptors (Lipinski definition) is 7. The largest absolute Gasteiger partial charge is 0.398 e. The van der Waals surface area contributed by atoms with E-state index in [1.165, 1.54) is 49.9 Å². The van der Waals surface area contributed by atoms with Crippen LogP contribution in [0.5, 0.6) is 0 Å². The average Bonchev–Trinajstić information content (AvgIpc) is 2.97. The van der Waals surface area contributed by atoms with E-state index in [1.54, 1.807) is 18.2 Å². The molecule has 0 saturated heterocycles. The normalized spacial score (nSPS) is 13.0. The van der Waals surface area contributed by atoms with E-state index >= 15 is 0 Å². The van der Waals surface area contributed by atoms with E-state index in [0.717, 1.165) is 51.4 Å². The van der Waals surface area contributed by atoms with Gasteiger partial charge in [-0.3, -0.25) is 9.52 Å². The molecule has 1 amide bonds. The van der Waals surface area contributed by atoms with Gasteiger partial charge in [-0.05, 0) is 43.5 Å². The summed E-state index contributed by atoms with van der Waals surface area (Å²) in [5.74, 6) is -0.326. The molecular weight excluding hydrogens is 554 g/mol. The molecule has 2 aromatic carbocycles. The minimum absolute atomic E-state index is 0.0824. The lowest BCUT2D eigenvalue weighted by Crippen LogP contribution is -2.25. The molecule has 0 fully saturated rings. The average molecular weight is 606 g/mol. The molecule has 2 aromatic rings. The number of aliphatic hydroxyl groups excluding tert-OH is 3. The number of unbranched alkanes of at least 4 members (excludes halogenated alkanes) is 10. The fraction of sp³-hybridized carbons (Fsp3) is 0.594. The number of carbonyl (C=O) groups excluding carboxylic acids is 1. The Morgan fingerprint density at radius 2 is 1.40 bits per heavy atom. The van der Waals surface area contributed by atoms with Crippen molar-refractivity contribution >= 4 is 27.3 Å². The van der Waals surface area contributed by atoms with Crippen LogP contribution in [0.2, 0.25) is 0 Å². The highest BCUT2D eigenvalue weighted by Gasteiger charge is 2.20.